The molecule has 0 aliphatic carbocycles. The largest absolute Gasteiger partial charge is 0.462 e. The SMILES string of the molecule is CCOC(=O)c1cn(PI)nc1CCl. The fraction of sp³-hybridized carbons (Fsp3) is 0.429. The van der Waals surface area contributed by atoms with Crippen molar-refractivity contribution in [3.8, 4) is 0 Å². The maximum atomic E-state index is 11.4. The molecule has 0 N–H and O–H groups in total. The van der Waals surface area contributed by atoms with Gasteiger partial charge in [-0.15, -0.1) is 11.6 Å². The molecule has 0 saturated heterocycles. The molecule has 78 valence electrons. The molecule has 0 aliphatic rings. The number of ether oxygens (including phenoxy) is 1. The molecule has 1 aromatic heterocycles. The molecule has 0 radical (unpaired) electrons. The minimum atomic E-state index is -0.357. The first-order chi connectivity index (χ1) is 6.72. The fourth-order valence-electron chi connectivity index (χ4n) is 0.931. The smallest absolute Gasteiger partial charge is 0.341 e. The molecule has 4 nitrogen and oxygen atoms in total. The van der Waals surface area contributed by atoms with Crippen molar-refractivity contribution in [2.75, 3.05) is 6.61 Å². The lowest BCUT2D eigenvalue weighted by molar-refractivity contribution is 0.0525. The number of esters is 1. The van der Waals surface area contributed by atoms with E-state index in [0.29, 0.717) is 24.2 Å². The normalized spacial score (nSPS) is 11.1. The van der Waals surface area contributed by atoms with E-state index in [1.807, 2.05) is 0 Å². The summed E-state index contributed by atoms with van der Waals surface area (Å²) in [6.07, 6.45) is 2.12. The molecule has 1 aromatic rings. The Bertz CT molecular complexity index is 331. The highest BCUT2D eigenvalue weighted by Gasteiger charge is 2.16. The number of hydrogen-bond donors (Lipinski definition) is 0. The minimum Gasteiger partial charge on any atom is -0.462 e. The van der Waals surface area contributed by atoms with Gasteiger partial charge in [0.25, 0.3) is 0 Å². The average Bonchev–Trinajstić information content (AvgIpc) is 2.61. The highest BCUT2D eigenvalue weighted by atomic mass is 127. The van der Waals surface area contributed by atoms with Gasteiger partial charge in [0, 0.05) is 6.20 Å². The lowest BCUT2D eigenvalue weighted by Gasteiger charge is -1.98. The van der Waals surface area contributed by atoms with Crippen molar-refractivity contribution in [3.63, 3.8) is 0 Å². The average molecular weight is 346 g/mol. The Morgan fingerprint density at radius 2 is 2.57 bits per heavy atom. The van der Waals surface area contributed by atoms with Crippen molar-refractivity contribution < 1.29 is 9.53 Å². The molecule has 0 saturated carbocycles. The second kappa shape index (κ2) is 5.88. The molecule has 0 fully saturated rings. The standard InChI is InChI=1S/C7H9ClIN2O2P/c1-2-13-7(12)5-4-11(14-9)10-6(5)3-8/h4,14H,2-3H2,1H3. The van der Waals surface area contributed by atoms with Crippen LogP contribution >= 0.6 is 40.0 Å². The number of nitrogens with zero attached hydrogens (tertiary/aromatic N) is 2. The van der Waals surface area contributed by atoms with E-state index in [1.165, 1.54) is 0 Å². The van der Waals surface area contributed by atoms with E-state index in [9.17, 15) is 4.79 Å². The third kappa shape index (κ3) is 2.81. The van der Waals surface area contributed by atoms with E-state index in [-0.39, 0.29) is 11.8 Å². The Hall–Kier alpha value is 0.130. The maximum Gasteiger partial charge on any atom is 0.341 e. The molecule has 0 aromatic carbocycles. The predicted octanol–water partition coefficient (Wildman–Crippen LogP) is 2.59. The Balaban J connectivity index is 2.93. The summed E-state index contributed by atoms with van der Waals surface area (Å²) in [4.78, 5) is 11.4. The first-order valence-corrected chi connectivity index (χ1v) is 8.50. The van der Waals surface area contributed by atoms with Crippen LogP contribution in [0.5, 0.6) is 0 Å². The summed E-state index contributed by atoms with van der Waals surface area (Å²) in [7, 11) is 0. The van der Waals surface area contributed by atoms with Crippen LogP contribution in [0.15, 0.2) is 6.20 Å². The van der Waals surface area contributed by atoms with Crippen LogP contribution in [0.25, 0.3) is 0 Å². The number of alkyl halides is 1. The third-order valence-electron chi connectivity index (χ3n) is 1.50. The summed E-state index contributed by atoms with van der Waals surface area (Å²) < 4.78 is 6.56. The van der Waals surface area contributed by atoms with Gasteiger partial charge in [-0.25, -0.2) is 9.25 Å². The Labute approximate surface area is 102 Å². The lowest BCUT2D eigenvalue weighted by atomic mass is 10.3. The van der Waals surface area contributed by atoms with E-state index >= 15 is 0 Å². The minimum absolute atomic E-state index is 0.224. The van der Waals surface area contributed by atoms with Gasteiger partial charge in [0.15, 0.2) is 0 Å². The molecule has 0 aliphatic heterocycles. The molecule has 1 unspecified atom stereocenters. The van der Waals surface area contributed by atoms with Crippen molar-refractivity contribution in [1.82, 2.24) is 9.55 Å². The molecule has 0 amide bonds. The maximum absolute atomic E-state index is 11.4. The molecule has 14 heavy (non-hydrogen) atoms. The van der Waals surface area contributed by atoms with Crippen molar-refractivity contribution in [2.45, 2.75) is 12.8 Å². The van der Waals surface area contributed by atoms with Crippen LogP contribution in [0, 0.1) is 0 Å². The zero-order valence-electron chi connectivity index (χ0n) is 7.46. The summed E-state index contributed by atoms with van der Waals surface area (Å²) in [6, 6.07) is 0. The second-order valence-corrected chi connectivity index (χ2v) is 4.71. The second-order valence-electron chi connectivity index (χ2n) is 2.37. The van der Waals surface area contributed by atoms with Gasteiger partial charge in [-0.3, -0.25) is 0 Å². The number of aromatic nitrogens is 2. The molecular weight excluding hydrogens is 337 g/mol. The van der Waals surface area contributed by atoms with Crippen molar-refractivity contribution in [1.29, 1.82) is 0 Å². The first-order valence-electron chi connectivity index (χ1n) is 3.91. The summed E-state index contributed by atoms with van der Waals surface area (Å²) in [5.41, 5.74) is 1.04. The van der Waals surface area contributed by atoms with Crippen molar-refractivity contribution in [2.24, 2.45) is 0 Å². The molecule has 1 heterocycles. The van der Waals surface area contributed by atoms with Gasteiger partial charge in [-0.2, -0.15) is 5.10 Å². The van der Waals surface area contributed by atoms with Gasteiger partial charge >= 0.3 is 5.97 Å². The van der Waals surface area contributed by atoms with Crippen molar-refractivity contribution >= 4 is 46.0 Å². The molecule has 7 heteroatoms. The number of carbonyl (C=O) groups is 1. The third-order valence-corrected chi connectivity index (χ3v) is 3.64. The molecular formula is C7H9ClIN2O2P. The zero-order valence-corrected chi connectivity index (χ0v) is 11.4. The zero-order chi connectivity index (χ0) is 10.6. The lowest BCUT2D eigenvalue weighted by Crippen LogP contribution is -2.05. The van der Waals surface area contributed by atoms with Crippen LogP contribution in [0.1, 0.15) is 23.0 Å². The summed E-state index contributed by atoms with van der Waals surface area (Å²) in [5.74, 6) is -0.133. The molecule has 0 spiro atoms. The Kier molecular flexibility index (Phi) is 5.12. The van der Waals surface area contributed by atoms with Gasteiger partial charge in [-0.1, -0.05) is 0 Å². The summed E-state index contributed by atoms with van der Waals surface area (Å²) in [5, 5.41) is 4.14. The fourth-order valence-corrected chi connectivity index (χ4v) is 2.21. The van der Waals surface area contributed by atoms with E-state index < -0.39 is 0 Å². The predicted molar refractivity (Wildman–Crippen MR) is 65.5 cm³/mol. The van der Waals surface area contributed by atoms with E-state index in [0.717, 1.165) is 0 Å². The number of carbonyl (C=O) groups excluding carboxylic acids is 1. The summed E-state index contributed by atoms with van der Waals surface area (Å²) in [6.45, 7) is 2.13. The van der Waals surface area contributed by atoms with Crippen LogP contribution in [0.2, 0.25) is 0 Å². The number of hydrogen-bond acceptors (Lipinski definition) is 3. The van der Waals surface area contributed by atoms with Crippen LogP contribution in [0.3, 0.4) is 0 Å². The highest BCUT2D eigenvalue weighted by Crippen LogP contribution is 2.25. The van der Waals surface area contributed by atoms with Crippen LogP contribution in [0.4, 0.5) is 0 Å². The monoisotopic (exact) mass is 346 g/mol. The van der Waals surface area contributed by atoms with Gasteiger partial charge < -0.3 is 4.74 Å². The topological polar surface area (TPSA) is 44.1 Å². The van der Waals surface area contributed by atoms with Crippen LogP contribution in [-0.2, 0) is 10.6 Å². The van der Waals surface area contributed by atoms with E-state index in [2.05, 4.69) is 27.1 Å². The van der Waals surface area contributed by atoms with Gasteiger partial charge in [0.2, 0.25) is 0 Å². The van der Waals surface area contributed by atoms with Gasteiger partial charge in [0.1, 0.15) is 5.56 Å². The Morgan fingerprint density at radius 1 is 1.86 bits per heavy atom. The molecule has 1 rings (SSSR count). The van der Waals surface area contributed by atoms with Crippen LogP contribution < -0.4 is 0 Å². The molecule has 1 atom stereocenters. The number of halogens is 2. The van der Waals surface area contributed by atoms with Gasteiger partial charge in [-0.05, 0) is 29.0 Å². The van der Waals surface area contributed by atoms with E-state index in [4.69, 9.17) is 16.3 Å². The van der Waals surface area contributed by atoms with Crippen molar-refractivity contribution in [3.05, 3.63) is 17.5 Å². The van der Waals surface area contributed by atoms with Crippen LogP contribution in [-0.4, -0.2) is 22.1 Å². The van der Waals surface area contributed by atoms with Gasteiger partial charge in [0.05, 0.1) is 24.6 Å². The molecule has 0 bridgehead atoms. The Morgan fingerprint density at radius 3 is 3.07 bits per heavy atom. The van der Waals surface area contributed by atoms with E-state index in [1.54, 1.807) is 17.6 Å². The summed E-state index contributed by atoms with van der Waals surface area (Å²) >= 11 is 7.84. The first kappa shape index (κ1) is 12.2. The highest BCUT2D eigenvalue weighted by molar-refractivity contribution is 14.2. The quantitative estimate of drug-likeness (QED) is 0.364. The number of rotatable bonds is 4.